The Balaban J connectivity index is 1.38. The quantitative estimate of drug-likeness (QED) is 0.465. The van der Waals surface area contributed by atoms with E-state index in [0.717, 1.165) is 46.8 Å². The molecule has 7 heteroatoms. The Morgan fingerprint density at radius 3 is 2.44 bits per heavy atom. The molecule has 0 aliphatic carbocycles. The molecule has 1 aliphatic rings. The minimum Gasteiger partial charge on any atom is -0.491 e. The molecular weight excluding hydrogens is 402 g/mol. The number of aromatic nitrogens is 3. The second kappa shape index (κ2) is 8.34. The molecule has 1 amide bonds. The van der Waals surface area contributed by atoms with Crippen molar-refractivity contribution in [1.29, 1.82) is 0 Å². The van der Waals surface area contributed by atoms with Crippen molar-refractivity contribution in [2.45, 2.75) is 32.8 Å². The third kappa shape index (κ3) is 4.01. The molecule has 1 N–H and O–H groups in total. The smallest absolute Gasteiger partial charge is 0.229 e. The van der Waals surface area contributed by atoms with Crippen LogP contribution in [0.5, 0.6) is 5.75 Å². The number of hydrogen-bond donors (Lipinski definition) is 1. The molecule has 32 heavy (non-hydrogen) atoms. The van der Waals surface area contributed by atoms with Crippen molar-refractivity contribution in [3.63, 3.8) is 0 Å². The predicted octanol–water partition coefficient (Wildman–Crippen LogP) is 5.08. The molecule has 1 aliphatic heterocycles. The fourth-order valence-electron chi connectivity index (χ4n) is 3.92. The summed E-state index contributed by atoms with van der Waals surface area (Å²) in [5, 5.41) is 4.21. The Hall–Kier alpha value is -3.87. The minimum absolute atomic E-state index is 0.136. The van der Waals surface area contributed by atoms with E-state index in [2.05, 4.69) is 10.3 Å². The van der Waals surface area contributed by atoms with Gasteiger partial charge in [-0.25, -0.2) is 4.98 Å². The molecule has 0 saturated carbocycles. The molecule has 1 saturated heterocycles. The number of ether oxygens (including phenoxy) is 1. The van der Waals surface area contributed by atoms with Gasteiger partial charge in [0.05, 0.1) is 6.10 Å². The van der Waals surface area contributed by atoms with E-state index in [4.69, 9.17) is 9.72 Å². The number of hydrogen-bond acceptors (Lipinski definition) is 5. The highest BCUT2D eigenvalue weighted by atomic mass is 16.5. The van der Waals surface area contributed by atoms with Gasteiger partial charge in [0.2, 0.25) is 11.9 Å². The summed E-state index contributed by atoms with van der Waals surface area (Å²) < 4.78 is 7.72. The highest BCUT2D eigenvalue weighted by Crippen LogP contribution is 2.26. The molecule has 2 aromatic heterocycles. The minimum atomic E-state index is 0.136. The van der Waals surface area contributed by atoms with Gasteiger partial charge in [-0.3, -0.25) is 4.79 Å². The average Bonchev–Trinajstić information content (AvgIpc) is 3.41. The molecule has 2 aromatic carbocycles. The van der Waals surface area contributed by atoms with Crippen LogP contribution in [0, 0.1) is 0 Å². The lowest BCUT2D eigenvalue weighted by Crippen LogP contribution is -2.23. The zero-order valence-electron chi connectivity index (χ0n) is 18.2. The van der Waals surface area contributed by atoms with Gasteiger partial charge in [-0.15, -0.1) is 0 Å². The molecule has 0 radical (unpaired) electrons. The topological polar surface area (TPSA) is 72.3 Å². The number of nitrogens with zero attached hydrogens (tertiary/aromatic N) is 4. The number of nitrogens with one attached hydrogen (secondary N) is 1. The highest BCUT2D eigenvalue weighted by Gasteiger charge is 2.21. The van der Waals surface area contributed by atoms with Crippen LogP contribution in [0.4, 0.5) is 17.3 Å². The molecule has 7 nitrogen and oxygen atoms in total. The first-order valence-electron chi connectivity index (χ1n) is 10.9. The van der Waals surface area contributed by atoms with E-state index < -0.39 is 0 Å². The van der Waals surface area contributed by atoms with Gasteiger partial charge in [0.25, 0.3) is 0 Å². The van der Waals surface area contributed by atoms with E-state index in [-0.39, 0.29) is 12.0 Å². The lowest BCUT2D eigenvalue weighted by Gasteiger charge is -2.16. The number of amides is 1. The van der Waals surface area contributed by atoms with Gasteiger partial charge < -0.3 is 19.5 Å². The van der Waals surface area contributed by atoms with Crippen LogP contribution in [0.3, 0.4) is 0 Å². The van der Waals surface area contributed by atoms with Crippen molar-refractivity contribution in [1.82, 2.24) is 14.5 Å². The lowest BCUT2D eigenvalue weighted by molar-refractivity contribution is -0.117. The molecule has 0 bridgehead atoms. The highest BCUT2D eigenvalue weighted by molar-refractivity contribution is 5.95. The Morgan fingerprint density at radius 2 is 1.75 bits per heavy atom. The number of carbonyl (C=O) groups is 1. The zero-order chi connectivity index (χ0) is 22.1. The van der Waals surface area contributed by atoms with E-state index in [9.17, 15) is 4.79 Å². The van der Waals surface area contributed by atoms with Gasteiger partial charge in [-0.2, -0.15) is 4.98 Å². The predicted molar refractivity (Wildman–Crippen MR) is 126 cm³/mol. The van der Waals surface area contributed by atoms with Gasteiger partial charge in [-0.05, 0) is 74.9 Å². The van der Waals surface area contributed by atoms with Crippen LogP contribution in [0.15, 0.2) is 67.0 Å². The molecule has 3 heterocycles. The van der Waals surface area contributed by atoms with Crippen LogP contribution in [-0.2, 0) is 4.79 Å². The first-order chi connectivity index (χ1) is 15.6. The van der Waals surface area contributed by atoms with Gasteiger partial charge in [0.15, 0.2) is 0 Å². The number of anilines is 3. The van der Waals surface area contributed by atoms with E-state index in [1.807, 2.05) is 90.3 Å². The van der Waals surface area contributed by atoms with Crippen molar-refractivity contribution in [3.05, 3.63) is 67.0 Å². The fourth-order valence-corrected chi connectivity index (χ4v) is 3.92. The van der Waals surface area contributed by atoms with E-state index in [1.54, 1.807) is 0 Å². The van der Waals surface area contributed by atoms with Crippen LogP contribution in [0.25, 0.3) is 16.7 Å². The second-order valence-corrected chi connectivity index (χ2v) is 8.14. The first-order valence-corrected chi connectivity index (χ1v) is 10.9. The van der Waals surface area contributed by atoms with Gasteiger partial charge >= 0.3 is 0 Å². The average molecular weight is 428 g/mol. The molecule has 0 atom stereocenters. The monoisotopic (exact) mass is 427 g/mol. The van der Waals surface area contributed by atoms with E-state index in [1.165, 1.54) is 0 Å². The maximum Gasteiger partial charge on any atom is 0.229 e. The van der Waals surface area contributed by atoms with E-state index >= 15 is 0 Å². The van der Waals surface area contributed by atoms with Crippen molar-refractivity contribution in [3.8, 4) is 11.4 Å². The SMILES string of the molecule is CC(C)Oc1ccc(Nc2ncc3ccn(-c4ccc(N5CCCC5=O)cc4)c3n2)cc1. The van der Waals surface area contributed by atoms with Crippen molar-refractivity contribution in [2.24, 2.45) is 0 Å². The molecule has 1 fully saturated rings. The summed E-state index contributed by atoms with van der Waals surface area (Å²) >= 11 is 0. The number of carbonyl (C=O) groups excluding carboxylic acids is 1. The van der Waals surface area contributed by atoms with Crippen molar-refractivity contribution >= 4 is 34.3 Å². The Labute approximate surface area is 186 Å². The summed E-state index contributed by atoms with van der Waals surface area (Å²) in [6.07, 6.45) is 5.48. The third-order valence-electron chi connectivity index (χ3n) is 5.42. The van der Waals surface area contributed by atoms with Crippen molar-refractivity contribution < 1.29 is 9.53 Å². The zero-order valence-corrected chi connectivity index (χ0v) is 18.2. The second-order valence-electron chi connectivity index (χ2n) is 8.14. The normalized spacial score (nSPS) is 13.8. The molecule has 4 aromatic rings. The number of fused-ring (bicyclic) bond motifs is 1. The largest absolute Gasteiger partial charge is 0.491 e. The van der Waals surface area contributed by atoms with Crippen molar-refractivity contribution in [2.75, 3.05) is 16.8 Å². The summed E-state index contributed by atoms with van der Waals surface area (Å²) in [5.74, 6) is 1.54. The molecule has 5 rings (SSSR count). The van der Waals surface area contributed by atoms with Gasteiger partial charge in [0.1, 0.15) is 11.4 Å². The standard InChI is InChI=1S/C25H25N5O2/c1-17(2)32-22-11-5-19(6-12-22)27-25-26-16-18-13-15-30(24(18)28-25)21-9-7-20(8-10-21)29-14-3-4-23(29)31/h5-13,15-17H,3-4,14H2,1-2H3,(H,26,27,28). The molecule has 0 unspecified atom stereocenters. The summed E-state index contributed by atoms with van der Waals surface area (Å²) in [6, 6.07) is 17.8. The Bertz CT molecular complexity index is 1250. The number of rotatable bonds is 6. The lowest BCUT2D eigenvalue weighted by atomic mass is 10.2. The summed E-state index contributed by atoms with van der Waals surface area (Å²) in [6.45, 7) is 4.80. The van der Waals surface area contributed by atoms with Crippen LogP contribution in [-0.4, -0.2) is 33.1 Å². The van der Waals surface area contributed by atoms with E-state index in [0.29, 0.717) is 12.4 Å². The van der Waals surface area contributed by atoms with Crippen LogP contribution in [0.1, 0.15) is 26.7 Å². The number of benzene rings is 2. The molecular formula is C25H25N5O2. The third-order valence-corrected chi connectivity index (χ3v) is 5.42. The summed E-state index contributed by atoms with van der Waals surface area (Å²) in [4.78, 5) is 23.0. The maximum absolute atomic E-state index is 12.0. The van der Waals surface area contributed by atoms with Gasteiger partial charge in [0, 0.05) is 47.8 Å². The Kier molecular flexibility index (Phi) is 5.23. The Morgan fingerprint density at radius 1 is 1.00 bits per heavy atom. The van der Waals surface area contributed by atoms with Crippen LogP contribution in [0.2, 0.25) is 0 Å². The summed E-state index contributed by atoms with van der Waals surface area (Å²) in [7, 11) is 0. The summed E-state index contributed by atoms with van der Waals surface area (Å²) in [5.41, 5.74) is 3.62. The maximum atomic E-state index is 12.0. The van der Waals surface area contributed by atoms with Crippen LogP contribution < -0.4 is 15.0 Å². The first kappa shape index (κ1) is 20.1. The van der Waals surface area contributed by atoms with Gasteiger partial charge in [-0.1, -0.05) is 0 Å². The molecule has 162 valence electrons. The molecule has 0 spiro atoms. The fraction of sp³-hybridized carbons (Fsp3) is 0.240. The van der Waals surface area contributed by atoms with Crippen LogP contribution >= 0.6 is 0 Å².